The summed E-state index contributed by atoms with van der Waals surface area (Å²) in [6.07, 6.45) is 2.54. The zero-order valence-electron chi connectivity index (χ0n) is 17.8. The molecule has 0 aliphatic carbocycles. The van der Waals surface area contributed by atoms with Crippen LogP contribution in [0.1, 0.15) is 35.4 Å². The van der Waals surface area contributed by atoms with Gasteiger partial charge in [-0.1, -0.05) is 60.2 Å². The van der Waals surface area contributed by atoms with E-state index in [1.54, 1.807) is 11.3 Å². The molecule has 1 saturated heterocycles. The number of aromatic nitrogens is 1. The lowest BCUT2D eigenvalue weighted by Gasteiger charge is -2.26. The van der Waals surface area contributed by atoms with Crippen molar-refractivity contribution >= 4 is 17.2 Å². The summed E-state index contributed by atoms with van der Waals surface area (Å²) in [5, 5.41) is 3.27. The molecule has 0 N–H and O–H groups in total. The molecule has 2 aromatic carbocycles. The number of carbonyl (C=O) groups is 1. The topological polar surface area (TPSA) is 36.4 Å². The Bertz CT molecular complexity index is 985. The molecule has 30 heavy (non-hydrogen) atoms. The van der Waals surface area contributed by atoms with Crippen LogP contribution in [0.15, 0.2) is 60.0 Å². The van der Waals surface area contributed by atoms with E-state index < -0.39 is 0 Å². The van der Waals surface area contributed by atoms with Gasteiger partial charge in [0.1, 0.15) is 5.01 Å². The number of nitrogens with zero attached hydrogens (tertiary/aromatic N) is 3. The fourth-order valence-corrected chi connectivity index (χ4v) is 4.99. The molecule has 0 radical (unpaired) electrons. The van der Waals surface area contributed by atoms with Crippen molar-refractivity contribution in [3.8, 4) is 11.3 Å². The predicted molar refractivity (Wildman–Crippen MR) is 123 cm³/mol. The summed E-state index contributed by atoms with van der Waals surface area (Å²) in [5.74, 6) is 0.271. The minimum absolute atomic E-state index is 0.271. The van der Waals surface area contributed by atoms with Gasteiger partial charge in [0.2, 0.25) is 5.91 Å². The van der Waals surface area contributed by atoms with E-state index >= 15 is 0 Å². The number of hydrogen-bond acceptors (Lipinski definition) is 4. The van der Waals surface area contributed by atoms with E-state index in [2.05, 4.69) is 60.6 Å². The normalized spacial score (nSPS) is 17.4. The lowest BCUT2D eigenvalue weighted by molar-refractivity contribution is -0.131. The number of carbonyl (C=O) groups excluding carboxylic acids is 1. The highest BCUT2D eigenvalue weighted by Crippen LogP contribution is 2.25. The molecule has 1 aliphatic heterocycles. The Balaban J connectivity index is 1.36. The molecule has 3 aromatic rings. The van der Waals surface area contributed by atoms with E-state index in [4.69, 9.17) is 4.98 Å². The van der Waals surface area contributed by atoms with E-state index in [0.717, 1.165) is 42.2 Å². The molecular formula is C25H29N3OS. The van der Waals surface area contributed by atoms with E-state index in [-0.39, 0.29) is 5.91 Å². The van der Waals surface area contributed by atoms with E-state index in [0.29, 0.717) is 19.0 Å². The molecule has 1 fully saturated rings. The number of aryl methyl sites for hydroxylation is 1. The molecule has 1 amide bonds. The summed E-state index contributed by atoms with van der Waals surface area (Å²) in [6, 6.07) is 19.2. The smallest absolute Gasteiger partial charge is 0.222 e. The van der Waals surface area contributed by atoms with Gasteiger partial charge in [-0.3, -0.25) is 9.69 Å². The van der Waals surface area contributed by atoms with Gasteiger partial charge in [-0.25, -0.2) is 4.98 Å². The van der Waals surface area contributed by atoms with Gasteiger partial charge in [0.05, 0.1) is 12.2 Å². The van der Waals surface area contributed by atoms with Crippen LogP contribution in [0.3, 0.4) is 0 Å². The Morgan fingerprint density at radius 3 is 2.77 bits per heavy atom. The quantitative estimate of drug-likeness (QED) is 0.556. The second kappa shape index (κ2) is 9.54. The molecule has 4 nitrogen and oxygen atoms in total. The summed E-state index contributed by atoms with van der Waals surface area (Å²) in [4.78, 5) is 21.9. The van der Waals surface area contributed by atoms with Crippen LogP contribution in [0.5, 0.6) is 0 Å². The van der Waals surface area contributed by atoms with E-state index in [1.165, 1.54) is 11.1 Å². The average Bonchev–Trinajstić information content (AvgIpc) is 3.13. The zero-order valence-corrected chi connectivity index (χ0v) is 18.6. The standard InChI is InChI=1S/C25H29N3OS/c1-19-7-6-8-20(15-19)16-28-14-13-22(11-12-25(28)29)27(2)17-24-26-23(18-30-24)21-9-4-3-5-10-21/h3-10,15,18,22H,11-14,16-17H2,1-2H3. The van der Waals surface area contributed by atoms with Crippen LogP contribution in [0.2, 0.25) is 0 Å². The molecule has 1 unspecified atom stereocenters. The first-order valence-corrected chi connectivity index (χ1v) is 11.5. The monoisotopic (exact) mass is 419 g/mol. The van der Waals surface area contributed by atoms with Gasteiger partial charge in [-0.05, 0) is 32.4 Å². The van der Waals surface area contributed by atoms with Crippen LogP contribution < -0.4 is 0 Å². The molecule has 2 heterocycles. The molecule has 0 bridgehead atoms. The first-order chi connectivity index (χ1) is 14.6. The van der Waals surface area contributed by atoms with Crippen LogP contribution in [0, 0.1) is 6.92 Å². The maximum Gasteiger partial charge on any atom is 0.222 e. The molecule has 5 heteroatoms. The number of likely N-dealkylation sites (tertiary alicyclic amines) is 1. The summed E-state index contributed by atoms with van der Waals surface area (Å²) >= 11 is 1.72. The Morgan fingerprint density at radius 1 is 1.13 bits per heavy atom. The van der Waals surface area contributed by atoms with Gasteiger partial charge in [0.25, 0.3) is 0 Å². The number of hydrogen-bond donors (Lipinski definition) is 0. The molecule has 1 aromatic heterocycles. The number of amides is 1. The zero-order chi connectivity index (χ0) is 20.9. The second-order valence-corrected chi connectivity index (χ2v) is 9.14. The average molecular weight is 420 g/mol. The highest BCUT2D eigenvalue weighted by molar-refractivity contribution is 7.09. The van der Waals surface area contributed by atoms with Crippen molar-refractivity contribution in [2.24, 2.45) is 0 Å². The van der Waals surface area contributed by atoms with Crippen LogP contribution >= 0.6 is 11.3 Å². The Morgan fingerprint density at radius 2 is 1.97 bits per heavy atom. The number of benzene rings is 2. The molecular weight excluding hydrogens is 390 g/mol. The third kappa shape index (κ3) is 5.15. The first-order valence-electron chi connectivity index (χ1n) is 10.6. The maximum absolute atomic E-state index is 12.7. The molecule has 0 saturated carbocycles. The summed E-state index contributed by atoms with van der Waals surface area (Å²) in [7, 11) is 2.16. The Labute approximate surface area is 183 Å². The minimum Gasteiger partial charge on any atom is -0.338 e. The van der Waals surface area contributed by atoms with Crippen molar-refractivity contribution < 1.29 is 4.79 Å². The SMILES string of the molecule is Cc1cccc(CN2CCC(N(C)Cc3nc(-c4ccccc4)cs3)CCC2=O)c1. The predicted octanol–water partition coefficient (Wildman–Crippen LogP) is 5.13. The van der Waals surface area contributed by atoms with Gasteiger partial charge >= 0.3 is 0 Å². The van der Waals surface area contributed by atoms with Crippen molar-refractivity contribution in [2.45, 2.75) is 45.3 Å². The third-order valence-electron chi connectivity index (χ3n) is 5.86. The van der Waals surface area contributed by atoms with Gasteiger partial charge in [-0.15, -0.1) is 11.3 Å². The van der Waals surface area contributed by atoms with Crippen molar-refractivity contribution in [3.05, 3.63) is 76.1 Å². The van der Waals surface area contributed by atoms with Crippen LogP contribution in [0.25, 0.3) is 11.3 Å². The highest BCUT2D eigenvalue weighted by Gasteiger charge is 2.25. The molecule has 0 spiro atoms. The van der Waals surface area contributed by atoms with E-state index in [9.17, 15) is 4.79 Å². The number of rotatable bonds is 6. The minimum atomic E-state index is 0.271. The fraction of sp³-hybridized carbons (Fsp3) is 0.360. The number of thiazole rings is 1. The van der Waals surface area contributed by atoms with Gasteiger partial charge < -0.3 is 4.90 Å². The second-order valence-electron chi connectivity index (χ2n) is 8.19. The largest absolute Gasteiger partial charge is 0.338 e. The molecule has 4 rings (SSSR count). The van der Waals surface area contributed by atoms with Crippen molar-refractivity contribution in [3.63, 3.8) is 0 Å². The van der Waals surface area contributed by atoms with Gasteiger partial charge in [-0.2, -0.15) is 0 Å². The lowest BCUT2D eigenvalue weighted by atomic mass is 10.1. The summed E-state index contributed by atoms with van der Waals surface area (Å²) in [6.45, 7) is 4.45. The van der Waals surface area contributed by atoms with Crippen molar-refractivity contribution in [2.75, 3.05) is 13.6 Å². The molecule has 1 aliphatic rings. The molecule has 1 atom stereocenters. The van der Waals surface area contributed by atoms with Gasteiger partial charge in [0, 0.05) is 36.5 Å². The van der Waals surface area contributed by atoms with Crippen LogP contribution in [-0.4, -0.2) is 40.3 Å². The Kier molecular flexibility index (Phi) is 6.60. The summed E-state index contributed by atoms with van der Waals surface area (Å²) < 4.78 is 0. The first kappa shape index (κ1) is 20.8. The van der Waals surface area contributed by atoms with Crippen LogP contribution in [-0.2, 0) is 17.9 Å². The fourth-order valence-electron chi connectivity index (χ4n) is 4.13. The van der Waals surface area contributed by atoms with Gasteiger partial charge in [0.15, 0.2) is 0 Å². The third-order valence-corrected chi connectivity index (χ3v) is 6.70. The summed E-state index contributed by atoms with van der Waals surface area (Å²) in [5.41, 5.74) is 4.66. The van der Waals surface area contributed by atoms with Crippen LogP contribution in [0.4, 0.5) is 0 Å². The lowest BCUT2D eigenvalue weighted by Crippen LogP contribution is -2.33. The van der Waals surface area contributed by atoms with Crippen molar-refractivity contribution in [1.82, 2.24) is 14.8 Å². The molecule has 156 valence electrons. The highest BCUT2D eigenvalue weighted by atomic mass is 32.1. The van der Waals surface area contributed by atoms with Crippen molar-refractivity contribution in [1.29, 1.82) is 0 Å². The van der Waals surface area contributed by atoms with E-state index in [1.807, 2.05) is 23.1 Å². The maximum atomic E-state index is 12.7. The Hall–Kier alpha value is -2.50.